The molecule has 0 N–H and O–H groups in total. The summed E-state index contributed by atoms with van der Waals surface area (Å²) >= 11 is 3.50. The highest BCUT2D eigenvalue weighted by molar-refractivity contribution is 9.11. The van der Waals surface area contributed by atoms with Crippen LogP contribution in [0.5, 0.6) is 0 Å². The summed E-state index contributed by atoms with van der Waals surface area (Å²) in [4.78, 5) is 0. The van der Waals surface area contributed by atoms with E-state index in [1.165, 1.54) is 27.5 Å². The molecule has 2 aromatic rings. The second-order valence-electron chi connectivity index (χ2n) is 5.74. The highest BCUT2D eigenvalue weighted by atomic mass is 79.9. The number of allylic oxidation sites excluding steroid dienone is 6. The molecule has 23 heavy (non-hydrogen) atoms. The third kappa shape index (κ3) is 3.47. The van der Waals surface area contributed by atoms with Crippen LogP contribution in [0.2, 0.25) is 0 Å². The highest BCUT2D eigenvalue weighted by Crippen LogP contribution is 2.34. The molecule has 0 atom stereocenters. The van der Waals surface area contributed by atoms with Crippen molar-refractivity contribution in [1.29, 1.82) is 0 Å². The Morgan fingerprint density at radius 3 is 2.65 bits per heavy atom. The SMILES string of the molecule is C=C1CCC=C=C/C(=C\C=C(/C)Br)c2cccc3cccc1c23. The van der Waals surface area contributed by atoms with Crippen LogP contribution in [0.1, 0.15) is 30.9 Å². The molecule has 3 rings (SSSR count). The number of halogens is 1. The number of rotatable bonds is 1. The Morgan fingerprint density at radius 2 is 1.91 bits per heavy atom. The molecule has 2 aromatic carbocycles. The van der Waals surface area contributed by atoms with Crippen LogP contribution in [0.15, 0.2) is 77.5 Å². The molecule has 114 valence electrons. The molecule has 1 aliphatic rings. The Labute approximate surface area is 146 Å². The van der Waals surface area contributed by atoms with Crippen LogP contribution in [0, 0.1) is 0 Å². The Hall–Kier alpha value is -2.08. The Kier molecular flexibility index (Phi) is 4.81. The van der Waals surface area contributed by atoms with E-state index in [-0.39, 0.29) is 0 Å². The van der Waals surface area contributed by atoms with Gasteiger partial charge in [0.05, 0.1) is 0 Å². The topological polar surface area (TPSA) is 0 Å². The summed E-state index contributed by atoms with van der Waals surface area (Å²) < 4.78 is 1.10. The first-order valence-electron chi connectivity index (χ1n) is 7.82. The van der Waals surface area contributed by atoms with Crippen LogP contribution in [0.25, 0.3) is 21.9 Å². The van der Waals surface area contributed by atoms with E-state index in [0.717, 1.165) is 22.9 Å². The van der Waals surface area contributed by atoms with E-state index in [1.54, 1.807) is 0 Å². The summed E-state index contributed by atoms with van der Waals surface area (Å²) in [5.41, 5.74) is 8.15. The molecule has 0 heterocycles. The average Bonchev–Trinajstić information content (AvgIpc) is 2.55. The summed E-state index contributed by atoms with van der Waals surface area (Å²) in [7, 11) is 0. The number of benzene rings is 2. The fourth-order valence-electron chi connectivity index (χ4n) is 2.91. The number of hydrogen-bond acceptors (Lipinski definition) is 0. The predicted octanol–water partition coefficient (Wildman–Crippen LogP) is 7.04. The van der Waals surface area contributed by atoms with E-state index < -0.39 is 0 Å². The van der Waals surface area contributed by atoms with E-state index in [9.17, 15) is 0 Å². The van der Waals surface area contributed by atoms with Gasteiger partial charge in [-0.25, -0.2) is 0 Å². The van der Waals surface area contributed by atoms with Crippen LogP contribution in [0.3, 0.4) is 0 Å². The maximum atomic E-state index is 4.31. The summed E-state index contributed by atoms with van der Waals surface area (Å²) in [5.74, 6) is 0. The van der Waals surface area contributed by atoms with Crippen molar-refractivity contribution in [3.8, 4) is 0 Å². The first-order valence-corrected chi connectivity index (χ1v) is 8.61. The van der Waals surface area contributed by atoms with Crippen molar-refractivity contribution in [1.82, 2.24) is 0 Å². The molecule has 0 spiro atoms. The Bertz CT molecular complexity index is 878. The summed E-state index contributed by atoms with van der Waals surface area (Å²) in [6.45, 7) is 6.35. The van der Waals surface area contributed by atoms with Gasteiger partial charge in [0.1, 0.15) is 0 Å². The maximum Gasteiger partial charge on any atom is -0.00301 e. The van der Waals surface area contributed by atoms with Gasteiger partial charge < -0.3 is 0 Å². The predicted molar refractivity (Wildman–Crippen MR) is 106 cm³/mol. The average molecular weight is 363 g/mol. The molecule has 0 aliphatic heterocycles. The van der Waals surface area contributed by atoms with Gasteiger partial charge in [-0.05, 0) is 69.4 Å². The fourth-order valence-corrected chi connectivity index (χ4v) is 3.04. The quantitative estimate of drug-likeness (QED) is 0.477. The molecule has 0 aromatic heterocycles. The smallest absolute Gasteiger partial charge is 0.00301 e. The van der Waals surface area contributed by atoms with Gasteiger partial charge in [0.15, 0.2) is 0 Å². The van der Waals surface area contributed by atoms with Gasteiger partial charge in [-0.3, -0.25) is 0 Å². The third-order valence-electron chi connectivity index (χ3n) is 4.04. The van der Waals surface area contributed by atoms with Crippen molar-refractivity contribution in [2.75, 3.05) is 0 Å². The minimum atomic E-state index is 0.966. The lowest BCUT2D eigenvalue weighted by Crippen LogP contribution is -1.92. The highest BCUT2D eigenvalue weighted by Gasteiger charge is 2.11. The molecular formula is C22H19Br. The standard InChI is InChI=1S/C22H19Br/c1-16-8-4-3-5-9-18(15-14-17(2)23)21-13-7-11-19-10-6-12-20(16)22(19)21/h3,6-7,9-15H,1,4,8H2,2H3/b17-14+,18-15+. The Morgan fingerprint density at radius 1 is 1.17 bits per heavy atom. The van der Waals surface area contributed by atoms with Crippen molar-refractivity contribution < 1.29 is 0 Å². The fraction of sp³-hybridized carbons (Fsp3) is 0.136. The molecule has 1 heteroatoms. The van der Waals surface area contributed by atoms with Crippen molar-refractivity contribution in [2.24, 2.45) is 0 Å². The lowest BCUT2D eigenvalue weighted by molar-refractivity contribution is 1.07. The molecule has 0 unspecified atom stereocenters. The van der Waals surface area contributed by atoms with Crippen LogP contribution >= 0.6 is 15.9 Å². The summed E-state index contributed by atoms with van der Waals surface area (Å²) in [5, 5.41) is 2.54. The van der Waals surface area contributed by atoms with Crippen molar-refractivity contribution in [3.05, 3.63) is 88.6 Å². The first-order chi connectivity index (χ1) is 11.2. The summed E-state index contributed by atoms with van der Waals surface area (Å²) in [6.07, 6.45) is 10.3. The largest absolute Gasteiger partial charge is 0.125 e. The van der Waals surface area contributed by atoms with Gasteiger partial charge in [-0.1, -0.05) is 71.1 Å². The maximum absolute atomic E-state index is 4.31. The van der Waals surface area contributed by atoms with Crippen LogP contribution in [0.4, 0.5) is 0 Å². The molecule has 0 nitrogen and oxygen atoms in total. The van der Waals surface area contributed by atoms with Crippen molar-refractivity contribution >= 4 is 37.8 Å². The molecule has 0 fully saturated rings. The lowest BCUT2D eigenvalue weighted by Gasteiger charge is -2.14. The normalized spacial score (nSPS) is 17.0. The molecular weight excluding hydrogens is 344 g/mol. The molecule has 0 saturated heterocycles. The van der Waals surface area contributed by atoms with Crippen molar-refractivity contribution in [2.45, 2.75) is 19.8 Å². The van der Waals surface area contributed by atoms with E-state index in [0.29, 0.717) is 0 Å². The van der Waals surface area contributed by atoms with Gasteiger partial charge in [-0.15, -0.1) is 5.73 Å². The zero-order chi connectivity index (χ0) is 16.2. The van der Waals surface area contributed by atoms with Gasteiger partial charge in [0.25, 0.3) is 0 Å². The van der Waals surface area contributed by atoms with E-state index in [4.69, 9.17) is 0 Å². The second-order valence-corrected chi connectivity index (χ2v) is 6.99. The molecule has 0 saturated carbocycles. The molecule has 1 aliphatic carbocycles. The van der Waals surface area contributed by atoms with Crippen LogP contribution < -0.4 is 0 Å². The summed E-state index contributed by atoms with van der Waals surface area (Å²) in [6, 6.07) is 12.9. The van der Waals surface area contributed by atoms with E-state index in [1.807, 2.05) is 6.92 Å². The Balaban J connectivity index is 2.37. The zero-order valence-electron chi connectivity index (χ0n) is 13.3. The van der Waals surface area contributed by atoms with Gasteiger partial charge in [-0.2, -0.15) is 0 Å². The lowest BCUT2D eigenvalue weighted by atomic mass is 9.89. The minimum Gasteiger partial charge on any atom is -0.125 e. The van der Waals surface area contributed by atoms with Crippen molar-refractivity contribution in [3.63, 3.8) is 0 Å². The van der Waals surface area contributed by atoms with Crippen LogP contribution in [-0.2, 0) is 0 Å². The van der Waals surface area contributed by atoms with Gasteiger partial charge >= 0.3 is 0 Å². The monoisotopic (exact) mass is 362 g/mol. The van der Waals surface area contributed by atoms with Gasteiger partial charge in [0.2, 0.25) is 0 Å². The zero-order valence-corrected chi connectivity index (χ0v) is 14.9. The number of hydrogen-bond donors (Lipinski definition) is 0. The third-order valence-corrected chi connectivity index (χ3v) is 4.30. The van der Waals surface area contributed by atoms with Crippen LogP contribution in [-0.4, -0.2) is 0 Å². The molecule has 0 amide bonds. The van der Waals surface area contributed by atoms with Gasteiger partial charge in [0, 0.05) is 0 Å². The van der Waals surface area contributed by atoms with E-state index in [2.05, 4.69) is 88.9 Å². The molecule has 0 radical (unpaired) electrons. The molecule has 0 bridgehead atoms. The second kappa shape index (κ2) is 7.00. The minimum absolute atomic E-state index is 0.966. The van der Waals surface area contributed by atoms with E-state index >= 15 is 0 Å². The first kappa shape index (κ1) is 15.8.